The zero-order chi connectivity index (χ0) is 17.8. The topological polar surface area (TPSA) is 78.7 Å². The standard InChI is InChI=1S/C18H25FN4O2/c19-14-5-1-7-16(10-14)22-8-3-6-15(12-22)21-17(24)13-4-2-9-23(11-13)18(20)25/h1,5,7,10,13,15H,2-4,6,8-9,11-12H2,(H2,20,25)(H,21,24). The molecule has 7 heteroatoms. The first-order valence-corrected chi connectivity index (χ1v) is 8.88. The van der Waals surface area contributed by atoms with Crippen LogP contribution in [0.4, 0.5) is 14.9 Å². The van der Waals surface area contributed by atoms with Gasteiger partial charge in [0.15, 0.2) is 0 Å². The van der Waals surface area contributed by atoms with Crippen molar-refractivity contribution in [3.05, 3.63) is 30.1 Å². The molecule has 1 aromatic rings. The number of likely N-dealkylation sites (tertiary alicyclic amines) is 1. The molecule has 2 aliphatic heterocycles. The van der Waals surface area contributed by atoms with E-state index < -0.39 is 6.03 Å². The van der Waals surface area contributed by atoms with Gasteiger partial charge >= 0.3 is 6.03 Å². The minimum absolute atomic E-state index is 0.0166. The second-order valence-electron chi connectivity index (χ2n) is 6.90. The number of amides is 3. The smallest absolute Gasteiger partial charge is 0.314 e. The molecular formula is C18H25FN4O2. The van der Waals surface area contributed by atoms with Gasteiger partial charge in [0.25, 0.3) is 0 Å². The van der Waals surface area contributed by atoms with Crippen molar-refractivity contribution in [2.75, 3.05) is 31.1 Å². The molecule has 2 aliphatic rings. The summed E-state index contributed by atoms with van der Waals surface area (Å²) in [5, 5.41) is 3.11. The van der Waals surface area contributed by atoms with Crippen molar-refractivity contribution in [3.63, 3.8) is 0 Å². The van der Waals surface area contributed by atoms with E-state index in [-0.39, 0.29) is 23.7 Å². The predicted octanol–water partition coefficient (Wildman–Crippen LogP) is 1.70. The van der Waals surface area contributed by atoms with Gasteiger partial charge in [0, 0.05) is 37.9 Å². The van der Waals surface area contributed by atoms with E-state index in [0.717, 1.165) is 37.9 Å². The van der Waals surface area contributed by atoms with E-state index in [9.17, 15) is 14.0 Å². The van der Waals surface area contributed by atoms with Gasteiger partial charge in [0.2, 0.25) is 5.91 Å². The lowest BCUT2D eigenvalue weighted by Gasteiger charge is -2.36. The van der Waals surface area contributed by atoms with Crippen molar-refractivity contribution >= 4 is 17.6 Å². The van der Waals surface area contributed by atoms with Gasteiger partial charge in [-0.2, -0.15) is 0 Å². The average molecular weight is 348 g/mol. The lowest BCUT2D eigenvalue weighted by atomic mass is 9.96. The Labute approximate surface area is 147 Å². The first-order valence-electron chi connectivity index (χ1n) is 8.88. The van der Waals surface area contributed by atoms with Crippen LogP contribution in [0.3, 0.4) is 0 Å². The number of nitrogens with zero attached hydrogens (tertiary/aromatic N) is 2. The Morgan fingerprint density at radius 1 is 1.16 bits per heavy atom. The Hall–Kier alpha value is -2.31. The van der Waals surface area contributed by atoms with Gasteiger partial charge in [-0.15, -0.1) is 0 Å². The minimum atomic E-state index is -0.465. The molecule has 3 N–H and O–H groups in total. The number of hydrogen-bond donors (Lipinski definition) is 2. The second kappa shape index (κ2) is 7.72. The molecule has 0 spiro atoms. The third kappa shape index (κ3) is 4.41. The van der Waals surface area contributed by atoms with Crippen LogP contribution in [0.2, 0.25) is 0 Å². The number of nitrogens with one attached hydrogen (secondary N) is 1. The number of primary amides is 1. The van der Waals surface area contributed by atoms with Crippen molar-refractivity contribution in [3.8, 4) is 0 Å². The van der Waals surface area contributed by atoms with Crippen LogP contribution in [0, 0.1) is 11.7 Å². The Kier molecular flexibility index (Phi) is 5.40. The third-order valence-corrected chi connectivity index (χ3v) is 5.04. The van der Waals surface area contributed by atoms with Crippen molar-refractivity contribution in [2.24, 2.45) is 11.7 Å². The lowest BCUT2D eigenvalue weighted by Crippen LogP contribution is -2.52. The van der Waals surface area contributed by atoms with Crippen molar-refractivity contribution in [2.45, 2.75) is 31.7 Å². The number of carbonyl (C=O) groups is 2. The molecule has 0 aliphatic carbocycles. The summed E-state index contributed by atoms with van der Waals surface area (Å²) in [5.74, 6) is -0.472. The summed E-state index contributed by atoms with van der Waals surface area (Å²) in [5.41, 5.74) is 6.17. The van der Waals surface area contributed by atoms with Gasteiger partial charge in [-0.25, -0.2) is 9.18 Å². The summed E-state index contributed by atoms with van der Waals surface area (Å²) in [6.45, 7) is 2.54. The fourth-order valence-electron chi connectivity index (χ4n) is 3.71. The number of halogens is 1. The first kappa shape index (κ1) is 17.5. The van der Waals surface area contributed by atoms with E-state index in [2.05, 4.69) is 10.2 Å². The number of piperidine rings is 2. The number of nitrogens with two attached hydrogens (primary N) is 1. The van der Waals surface area contributed by atoms with Crippen LogP contribution in [0.15, 0.2) is 24.3 Å². The fraction of sp³-hybridized carbons (Fsp3) is 0.556. The normalized spacial score (nSPS) is 24.0. The summed E-state index contributed by atoms with van der Waals surface area (Å²) in [6.07, 6.45) is 3.42. The van der Waals surface area contributed by atoms with E-state index >= 15 is 0 Å². The highest BCUT2D eigenvalue weighted by atomic mass is 19.1. The number of rotatable bonds is 3. The summed E-state index contributed by atoms with van der Waals surface area (Å²) in [6, 6.07) is 6.11. The molecule has 0 radical (unpaired) electrons. The molecule has 2 saturated heterocycles. The fourth-order valence-corrected chi connectivity index (χ4v) is 3.71. The van der Waals surface area contributed by atoms with Gasteiger partial charge < -0.3 is 20.9 Å². The van der Waals surface area contributed by atoms with Crippen LogP contribution in [0.25, 0.3) is 0 Å². The number of urea groups is 1. The maximum atomic E-state index is 13.4. The third-order valence-electron chi connectivity index (χ3n) is 5.04. The predicted molar refractivity (Wildman–Crippen MR) is 93.7 cm³/mol. The van der Waals surface area contributed by atoms with Gasteiger partial charge in [-0.05, 0) is 43.9 Å². The van der Waals surface area contributed by atoms with Crippen LogP contribution >= 0.6 is 0 Å². The molecule has 0 bridgehead atoms. The number of anilines is 1. The molecule has 2 fully saturated rings. The van der Waals surface area contributed by atoms with Crippen molar-refractivity contribution in [1.29, 1.82) is 0 Å². The van der Waals surface area contributed by atoms with E-state index in [0.29, 0.717) is 19.6 Å². The first-order chi connectivity index (χ1) is 12.0. The summed E-state index contributed by atoms with van der Waals surface area (Å²) in [7, 11) is 0. The zero-order valence-electron chi connectivity index (χ0n) is 14.3. The second-order valence-corrected chi connectivity index (χ2v) is 6.90. The van der Waals surface area contributed by atoms with E-state index in [4.69, 9.17) is 5.73 Å². The maximum absolute atomic E-state index is 13.4. The molecule has 0 aromatic heterocycles. The van der Waals surface area contributed by atoms with Gasteiger partial charge in [-0.1, -0.05) is 6.07 Å². The Bertz CT molecular complexity index is 639. The van der Waals surface area contributed by atoms with Crippen LogP contribution in [-0.2, 0) is 4.79 Å². The van der Waals surface area contributed by atoms with E-state index in [1.165, 1.54) is 17.0 Å². The maximum Gasteiger partial charge on any atom is 0.314 e. The number of benzene rings is 1. The molecular weight excluding hydrogens is 323 g/mol. The molecule has 3 rings (SSSR count). The van der Waals surface area contributed by atoms with Crippen molar-refractivity contribution in [1.82, 2.24) is 10.2 Å². The molecule has 2 heterocycles. The van der Waals surface area contributed by atoms with Gasteiger partial charge in [0.1, 0.15) is 5.82 Å². The minimum Gasteiger partial charge on any atom is -0.369 e. The molecule has 0 saturated carbocycles. The van der Waals surface area contributed by atoms with Crippen LogP contribution in [-0.4, -0.2) is 49.1 Å². The lowest BCUT2D eigenvalue weighted by molar-refractivity contribution is -0.127. The molecule has 3 amide bonds. The van der Waals surface area contributed by atoms with Crippen LogP contribution in [0.5, 0.6) is 0 Å². The van der Waals surface area contributed by atoms with E-state index in [1.54, 1.807) is 6.07 Å². The molecule has 136 valence electrons. The summed E-state index contributed by atoms with van der Waals surface area (Å²) < 4.78 is 13.4. The highest BCUT2D eigenvalue weighted by Gasteiger charge is 2.30. The molecule has 1 aromatic carbocycles. The van der Waals surface area contributed by atoms with Gasteiger partial charge in [-0.3, -0.25) is 4.79 Å². The molecule has 2 unspecified atom stereocenters. The van der Waals surface area contributed by atoms with E-state index in [1.807, 2.05) is 6.07 Å². The van der Waals surface area contributed by atoms with Crippen molar-refractivity contribution < 1.29 is 14.0 Å². The largest absolute Gasteiger partial charge is 0.369 e. The Balaban J connectivity index is 1.57. The van der Waals surface area contributed by atoms with Gasteiger partial charge in [0.05, 0.1) is 5.92 Å². The summed E-state index contributed by atoms with van der Waals surface area (Å²) in [4.78, 5) is 27.5. The Morgan fingerprint density at radius 2 is 1.96 bits per heavy atom. The average Bonchev–Trinajstić information content (AvgIpc) is 2.62. The number of carbonyl (C=O) groups excluding carboxylic acids is 2. The summed E-state index contributed by atoms with van der Waals surface area (Å²) >= 11 is 0. The molecule has 2 atom stereocenters. The SMILES string of the molecule is NC(=O)N1CCCC(C(=O)NC2CCCN(c3cccc(F)c3)C2)C1. The monoisotopic (exact) mass is 348 g/mol. The zero-order valence-corrected chi connectivity index (χ0v) is 14.3. The highest BCUT2D eigenvalue weighted by Crippen LogP contribution is 2.22. The Morgan fingerprint density at radius 3 is 2.72 bits per heavy atom. The molecule has 6 nitrogen and oxygen atoms in total. The number of hydrogen-bond acceptors (Lipinski definition) is 3. The highest BCUT2D eigenvalue weighted by molar-refractivity contribution is 5.80. The quantitative estimate of drug-likeness (QED) is 0.873. The molecule has 25 heavy (non-hydrogen) atoms. The van der Waals surface area contributed by atoms with Crippen LogP contribution < -0.4 is 16.0 Å². The van der Waals surface area contributed by atoms with Crippen LogP contribution in [0.1, 0.15) is 25.7 Å².